The molecule has 4 aliphatic heterocycles. The molecular weight excluding hydrogens is 352 g/mol. The number of hydrogen-bond donors (Lipinski definition) is 0. The molecule has 2 nitrogen and oxygen atoms in total. The first kappa shape index (κ1) is 16.4. The van der Waals surface area contributed by atoms with Crippen molar-refractivity contribution in [1.29, 1.82) is 0 Å². The van der Waals surface area contributed by atoms with Gasteiger partial charge in [-0.05, 0) is 64.4 Å². The van der Waals surface area contributed by atoms with E-state index in [1.807, 2.05) is 0 Å². The Kier molecular flexibility index (Phi) is 3.54. The molecule has 0 saturated carbocycles. The first-order valence-electron chi connectivity index (χ1n) is 10.2. The minimum atomic E-state index is 0.188. The molecule has 2 unspecified atom stereocenters. The maximum Gasteiger partial charge on any atom is 0.0778 e. The van der Waals surface area contributed by atoms with Gasteiger partial charge in [-0.2, -0.15) is 0 Å². The molecular formula is C27H22N2. The molecule has 2 aromatic carbocycles. The highest BCUT2D eigenvalue weighted by atomic mass is 15.2. The normalized spacial score (nSPS) is 23.1. The molecule has 140 valence electrons. The smallest absolute Gasteiger partial charge is 0.0778 e. The molecule has 0 N–H and O–H groups in total. The monoisotopic (exact) mass is 374 g/mol. The maximum atomic E-state index is 2.41. The third-order valence-corrected chi connectivity index (χ3v) is 6.31. The van der Waals surface area contributed by atoms with E-state index in [9.17, 15) is 0 Å². The summed E-state index contributed by atoms with van der Waals surface area (Å²) in [5, 5.41) is 2.55. The number of nitrogens with zero attached hydrogens (tertiary/aromatic N) is 2. The Morgan fingerprint density at radius 1 is 0.759 bits per heavy atom. The molecule has 0 saturated heterocycles. The van der Waals surface area contributed by atoms with Crippen molar-refractivity contribution in [2.24, 2.45) is 0 Å². The van der Waals surface area contributed by atoms with Crippen molar-refractivity contribution in [3.05, 3.63) is 124 Å². The number of rotatable bonds is 1. The average Bonchev–Trinajstić information content (AvgIpc) is 2.77. The van der Waals surface area contributed by atoms with Crippen molar-refractivity contribution in [2.45, 2.75) is 19.0 Å². The van der Waals surface area contributed by atoms with Gasteiger partial charge in [0, 0.05) is 23.8 Å². The van der Waals surface area contributed by atoms with Crippen LogP contribution in [0.4, 0.5) is 0 Å². The van der Waals surface area contributed by atoms with Gasteiger partial charge < -0.3 is 9.80 Å². The summed E-state index contributed by atoms with van der Waals surface area (Å²) in [4.78, 5) is 4.76. The van der Waals surface area contributed by atoms with Gasteiger partial charge in [0.15, 0.2) is 0 Å². The first-order valence-corrected chi connectivity index (χ1v) is 10.2. The van der Waals surface area contributed by atoms with Gasteiger partial charge in [-0.25, -0.2) is 0 Å². The minimum Gasteiger partial charge on any atom is -0.341 e. The van der Waals surface area contributed by atoms with Gasteiger partial charge in [-0.3, -0.25) is 0 Å². The quantitative estimate of drug-likeness (QED) is 0.724. The lowest BCUT2D eigenvalue weighted by atomic mass is 9.86. The van der Waals surface area contributed by atoms with E-state index in [0.717, 1.165) is 0 Å². The SMILES string of the molecule is CC1c2cccc(C3C=CC=C4C=c5ccccc5=CN43)c2C=C2C=CC=CN21. The van der Waals surface area contributed by atoms with Crippen molar-refractivity contribution in [3.8, 4) is 0 Å². The molecule has 2 aromatic rings. The average molecular weight is 374 g/mol. The van der Waals surface area contributed by atoms with Crippen LogP contribution >= 0.6 is 0 Å². The zero-order valence-corrected chi connectivity index (χ0v) is 16.4. The molecule has 0 bridgehead atoms. The van der Waals surface area contributed by atoms with Gasteiger partial charge in [0.2, 0.25) is 0 Å². The summed E-state index contributed by atoms with van der Waals surface area (Å²) in [6, 6.07) is 15.9. The third-order valence-electron chi connectivity index (χ3n) is 6.31. The zero-order chi connectivity index (χ0) is 19.4. The van der Waals surface area contributed by atoms with Crippen LogP contribution in [0, 0.1) is 0 Å². The lowest BCUT2D eigenvalue weighted by Gasteiger charge is -2.39. The Bertz CT molecular complexity index is 1290. The molecule has 2 heteroatoms. The van der Waals surface area contributed by atoms with E-state index in [2.05, 4.69) is 120 Å². The highest BCUT2D eigenvalue weighted by molar-refractivity contribution is 5.69. The van der Waals surface area contributed by atoms with Crippen LogP contribution < -0.4 is 10.4 Å². The van der Waals surface area contributed by atoms with Crippen molar-refractivity contribution < 1.29 is 0 Å². The van der Waals surface area contributed by atoms with Gasteiger partial charge in [0.05, 0.1) is 12.1 Å². The Labute approximate surface area is 171 Å². The van der Waals surface area contributed by atoms with Crippen molar-refractivity contribution >= 4 is 18.4 Å². The second kappa shape index (κ2) is 6.25. The van der Waals surface area contributed by atoms with E-state index < -0.39 is 0 Å². The fourth-order valence-corrected chi connectivity index (χ4v) is 4.83. The maximum absolute atomic E-state index is 2.41. The molecule has 2 atom stereocenters. The fraction of sp³-hybridized carbons (Fsp3) is 0.111. The van der Waals surface area contributed by atoms with E-state index in [0.29, 0.717) is 6.04 Å². The highest BCUT2D eigenvalue weighted by Crippen LogP contribution is 2.41. The van der Waals surface area contributed by atoms with Crippen LogP contribution in [-0.4, -0.2) is 9.80 Å². The molecule has 4 heterocycles. The standard InChI is InChI=1S/C27H22N2/c1-19-24-12-7-13-25(26(24)17-23-10-4-5-15-28(19)23)27-14-6-11-22-16-20-8-2-3-9-21(20)18-29(22)27/h2-19,27H,1H3. The molecule has 29 heavy (non-hydrogen) atoms. The predicted octanol–water partition coefficient (Wildman–Crippen LogP) is 4.52. The molecule has 0 spiro atoms. The Balaban J connectivity index is 1.51. The van der Waals surface area contributed by atoms with Gasteiger partial charge in [-0.15, -0.1) is 0 Å². The van der Waals surface area contributed by atoms with Crippen molar-refractivity contribution in [2.75, 3.05) is 0 Å². The number of hydrogen-bond acceptors (Lipinski definition) is 2. The summed E-state index contributed by atoms with van der Waals surface area (Å²) >= 11 is 0. The fourth-order valence-electron chi connectivity index (χ4n) is 4.83. The minimum absolute atomic E-state index is 0.188. The van der Waals surface area contributed by atoms with Crippen LogP contribution in [0.3, 0.4) is 0 Å². The summed E-state index contributed by atoms with van der Waals surface area (Å²) in [6.45, 7) is 2.29. The summed E-state index contributed by atoms with van der Waals surface area (Å²) in [5.41, 5.74) is 6.60. The molecule has 4 aliphatic rings. The summed E-state index contributed by atoms with van der Waals surface area (Å²) in [5.74, 6) is 0. The number of benzene rings is 2. The number of allylic oxidation sites excluding steroid dienone is 6. The zero-order valence-electron chi connectivity index (χ0n) is 16.4. The molecule has 6 rings (SSSR count). The van der Waals surface area contributed by atoms with Crippen molar-refractivity contribution in [1.82, 2.24) is 9.80 Å². The molecule has 0 amide bonds. The van der Waals surface area contributed by atoms with Crippen LogP contribution in [0.15, 0.2) is 96.5 Å². The summed E-state index contributed by atoms with van der Waals surface area (Å²) in [7, 11) is 0. The largest absolute Gasteiger partial charge is 0.341 e. The van der Waals surface area contributed by atoms with E-state index in [-0.39, 0.29) is 6.04 Å². The topological polar surface area (TPSA) is 6.48 Å². The van der Waals surface area contributed by atoms with Crippen LogP contribution in [0.1, 0.15) is 35.7 Å². The van der Waals surface area contributed by atoms with E-state index in [1.165, 1.54) is 38.5 Å². The second-order valence-electron chi connectivity index (χ2n) is 7.93. The predicted molar refractivity (Wildman–Crippen MR) is 119 cm³/mol. The lowest BCUT2D eigenvalue weighted by molar-refractivity contribution is 0.372. The highest BCUT2D eigenvalue weighted by Gasteiger charge is 2.29. The van der Waals surface area contributed by atoms with Gasteiger partial charge in [0.25, 0.3) is 0 Å². The van der Waals surface area contributed by atoms with Crippen LogP contribution in [-0.2, 0) is 0 Å². The van der Waals surface area contributed by atoms with Gasteiger partial charge >= 0.3 is 0 Å². The second-order valence-corrected chi connectivity index (χ2v) is 7.93. The van der Waals surface area contributed by atoms with E-state index >= 15 is 0 Å². The summed E-state index contributed by atoms with van der Waals surface area (Å²) < 4.78 is 0. The Hall–Kier alpha value is -3.52. The van der Waals surface area contributed by atoms with Crippen LogP contribution in [0.5, 0.6) is 0 Å². The number of fused-ring (bicyclic) bond motifs is 4. The summed E-state index contributed by atoms with van der Waals surface area (Å²) in [6.07, 6.45) is 22.3. The molecule has 0 aliphatic carbocycles. The van der Waals surface area contributed by atoms with Gasteiger partial charge in [-0.1, -0.05) is 60.7 Å². The first-order chi connectivity index (χ1) is 14.3. The Morgan fingerprint density at radius 3 is 2.55 bits per heavy atom. The van der Waals surface area contributed by atoms with Crippen LogP contribution in [0.25, 0.3) is 18.4 Å². The molecule has 0 fully saturated rings. The third kappa shape index (κ3) is 2.49. The van der Waals surface area contributed by atoms with Crippen molar-refractivity contribution in [3.63, 3.8) is 0 Å². The Morgan fingerprint density at radius 2 is 1.62 bits per heavy atom. The molecule has 0 radical (unpaired) electrons. The van der Waals surface area contributed by atoms with E-state index in [1.54, 1.807) is 0 Å². The van der Waals surface area contributed by atoms with Gasteiger partial charge in [0.1, 0.15) is 0 Å². The molecule has 0 aromatic heterocycles. The van der Waals surface area contributed by atoms with Crippen LogP contribution in [0.2, 0.25) is 0 Å². The lowest BCUT2D eigenvalue weighted by Crippen LogP contribution is -2.36. The van der Waals surface area contributed by atoms with E-state index in [4.69, 9.17) is 0 Å².